The maximum absolute atomic E-state index is 5.59. The Balaban J connectivity index is 2.55. The van der Waals surface area contributed by atoms with E-state index in [1.54, 1.807) is 7.11 Å². The van der Waals surface area contributed by atoms with Crippen molar-refractivity contribution in [1.82, 2.24) is 9.36 Å². The summed E-state index contributed by atoms with van der Waals surface area (Å²) < 4.78 is 9.28. The van der Waals surface area contributed by atoms with Crippen LogP contribution in [0.5, 0.6) is 0 Å². The Hall–Kier alpha value is -0.720. The van der Waals surface area contributed by atoms with E-state index in [1.165, 1.54) is 11.5 Å². The summed E-state index contributed by atoms with van der Waals surface area (Å²) in [5.41, 5.74) is 5.59. The highest BCUT2D eigenvalue weighted by Gasteiger charge is 2.11. The van der Waals surface area contributed by atoms with E-state index in [0.29, 0.717) is 19.1 Å². The number of ether oxygens (including phenoxy) is 1. The van der Waals surface area contributed by atoms with Crippen molar-refractivity contribution in [3.05, 3.63) is 5.82 Å². The molecule has 0 amide bonds. The molecule has 0 spiro atoms. The number of nitrogens with two attached hydrogens (primary N) is 1. The fraction of sp³-hybridized carbons (Fsp3) is 0.778. The number of nitrogens with zero attached hydrogens (tertiary/aromatic N) is 2. The lowest BCUT2D eigenvalue weighted by molar-refractivity contribution is 0.187. The minimum absolute atomic E-state index is 0.1000. The van der Waals surface area contributed by atoms with Crippen LogP contribution in [0.1, 0.15) is 25.6 Å². The molecule has 1 rings (SSSR count). The van der Waals surface area contributed by atoms with E-state index in [0.717, 1.165) is 11.0 Å². The first-order valence-corrected chi connectivity index (χ1v) is 5.73. The zero-order valence-electron chi connectivity index (χ0n) is 9.36. The van der Waals surface area contributed by atoms with Gasteiger partial charge in [0.05, 0.1) is 12.6 Å². The molecule has 1 heterocycles. The first-order chi connectivity index (χ1) is 7.17. The minimum atomic E-state index is 0.1000. The molecule has 0 aliphatic heterocycles. The molecule has 5 nitrogen and oxygen atoms in total. The molecule has 0 aromatic carbocycles. The maximum Gasteiger partial charge on any atom is 0.202 e. The topological polar surface area (TPSA) is 73.1 Å². The van der Waals surface area contributed by atoms with Crippen LogP contribution in [0, 0.1) is 0 Å². The van der Waals surface area contributed by atoms with Crippen LogP contribution in [0.15, 0.2) is 0 Å². The van der Waals surface area contributed by atoms with Crippen molar-refractivity contribution in [3.63, 3.8) is 0 Å². The average Bonchev–Trinajstić information content (AvgIpc) is 2.65. The van der Waals surface area contributed by atoms with Gasteiger partial charge in [0.1, 0.15) is 5.82 Å². The van der Waals surface area contributed by atoms with Crippen molar-refractivity contribution < 1.29 is 4.74 Å². The minimum Gasteiger partial charge on any atom is -0.383 e. The highest BCUT2D eigenvalue weighted by molar-refractivity contribution is 7.09. The molecule has 3 N–H and O–H groups in total. The summed E-state index contributed by atoms with van der Waals surface area (Å²) in [6.07, 6.45) is 0. The predicted molar refractivity (Wildman–Crippen MR) is 62.3 cm³/mol. The summed E-state index contributed by atoms with van der Waals surface area (Å²) >= 11 is 1.36. The van der Waals surface area contributed by atoms with Gasteiger partial charge in [0.15, 0.2) is 0 Å². The third-order valence-electron chi connectivity index (χ3n) is 1.94. The fourth-order valence-corrected chi connectivity index (χ4v) is 1.86. The van der Waals surface area contributed by atoms with Gasteiger partial charge >= 0.3 is 0 Å². The number of anilines is 1. The van der Waals surface area contributed by atoms with Gasteiger partial charge in [-0.05, 0) is 0 Å². The Morgan fingerprint density at radius 1 is 1.53 bits per heavy atom. The summed E-state index contributed by atoms with van der Waals surface area (Å²) in [5, 5.41) is 4.01. The Morgan fingerprint density at radius 3 is 2.73 bits per heavy atom. The molecule has 1 atom stereocenters. The van der Waals surface area contributed by atoms with Crippen molar-refractivity contribution in [3.8, 4) is 0 Å². The molecule has 0 saturated carbocycles. The van der Waals surface area contributed by atoms with Crippen LogP contribution in [0.25, 0.3) is 0 Å². The van der Waals surface area contributed by atoms with Crippen molar-refractivity contribution in [2.75, 3.05) is 25.6 Å². The number of aromatic nitrogens is 2. The van der Waals surface area contributed by atoms with Gasteiger partial charge in [0, 0.05) is 31.1 Å². The van der Waals surface area contributed by atoms with E-state index in [-0.39, 0.29) is 6.04 Å². The molecule has 0 radical (unpaired) electrons. The third kappa shape index (κ3) is 3.73. The molecular weight excluding hydrogens is 212 g/mol. The summed E-state index contributed by atoms with van der Waals surface area (Å²) in [5.74, 6) is 1.23. The van der Waals surface area contributed by atoms with Gasteiger partial charge in [-0.15, -0.1) is 0 Å². The molecular formula is C9H18N4OS. The maximum atomic E-state index is 5.59. The van der Waals surface area contributed by atoms with E-state index in [1.807, 2.05) is 0 Å². The Bertz CT molecular complexity index is 289. The van der Waals surface area contributed by atoms with Crippen molar-refractivity contribution in [1.29, 1.82) is 0 Å². The molecule has 0 aliphatic carbocycles. The monoisotopic (exact) mass is 230 g/mol. The quantitative estimate of drug-likeness (QED) is 0.764. The normalized spacial score (nSPS) is 13.1. The van der Waals surface area contributed by atoms with Crippen LogP contribution >= 0.6 is 11.5 Å². The molecule has 6 heteroatoms. The number of methoxy groups -OCH3 is 1. The zero-order valence-corrected chi connectivity index (χ0v) is 10.2. The number of nitrogens with one attached hydrogen (secondary N) is 1. The fourth-order valence-electron chi connectivity index (χ4n) is 1.07. The summed E-state index contributed by atoms with van der Waals surface area (Å²) in [6.45, 7) is 5.24. The first-order valence-electron chi connectivity index (χ1n) is 4.96. The van der Waals surface area contributed by atoms with Crippen LogP contribution in [-0.4, -0.2) is 35.7 Å². The molecule has 15 heavy (non-hydrogen) atoms. The lowest BCUT2D eigenvalue weighted by atomic mass is 10.2. The summed E-state index contributed by atoms with van der Waals surface area (Å²) in [4.78, 5) is 4.36. The molecule has 86 valence electrons. The van der Waals surface area contributed by atoms with Gasteiger partial charge < -0.3 is 15.8 Å². The number of hydrogen-bond acceptors (Lipinski definition) is 6. The second-order valence-corrected chi connectivity index (χ2v) is 4.40. The van der Waals surface area contributed by atoms with Crippen LogP contribution < -0.4 is 11.1 Å². The van der Waals surface area contributed by atoms with Gasteiger partial charge in [-0.1, -0.05) is 13.8 Å². The SMILES string of the molecule is COCC(CN)Nc1nc(C(C)C)ns1. The Kier molecular flexibility index (Phi) is 4.93. The number of rotatable bonds is 6. The highest BCUT2D eigenvalue weighted by Crippen LogP contribution is 2.17. The zero-order chi connectivity index (χ0) is 11.3. The molecule has 1 aromatic rings. The third-order valence-corrected chi connectivity index (χ3v) is 2.60. The second kappa shape index (κ2) is 5.99. The average molecular weight is 230 g/mol. The van der Waals surface area contributed by atoms with Crippen molar-refractivity contribution in [2.45, 2.75) is 25.8 Å². The highest BCUT2D eigenvalue weighted by atomic mass is 32.1. The largest absolute Gasteiger partial charge is 0.383 e. The molecule has 0 aliphatic rings. The second-order valence-electron chi connectivity index (χ2n) is 3.64. The van der Waals surface area contributed by atoms with E-state index >= 15 is 0 Å². The van der Waals surface area contributed by atoms with Crippen molar-refractivity contribution in [2.24, 2.45) is 5.73 Å². The van der Waals surface area contributed by atoms with E-state index in [2.05, 4.69) is 28.5 Å². The van der Waals surface area contributed by atoms with E-state index < -0.39 is 0 Å². The summed E-state index contributed by atoms with van der Waals surface area (Å²) in [6, 6.07) is 0.1000. The van der Waals surface area contributed by atoms with Gasteiger partial charge in [-0.3, -0.25) is 0 Å². The van der Waals surface area contributed by atoms with Gasteiger partial charge in [0.25, 0.3) is 0 Å². The van der Waals surface area contributed by atoms with Crippen LogP contribution in [0.4, 0.5) is 5.13 Å². The van der Waals surface area contributed by atoms with Gasteiger partial charge in [-0.25, -0.2) is 4.98 Å². The molecule has 1 aromatic heterocycles. The van der Waals surface area contributed by atoms with Gasteiger partial charge in [0.2, 0.25) is 5.13 Å². The Morgan fingerprint density at radius 2 is 2.27 bits per heavy atom. The molecule has 0 saturated heterocycles. The van der Waals surface area contributed by atoms with E-state index in [4.69, 9.17) is 10.5 Å². The van der Waals surface area contributed by atoms with E-state index in [9.17, 15) is 0 Å². The molecule has 1 unspecified atom stereocenters. The van der Waals surface area contributed by atoms with Crippen LogP contribution in [-0.2, 0) is 4.74 Å². The van der Waals surface area contributed by atoms with Gasteiger partial charge in [-0.2, -0.15) is 4.37 Å². The predicted octanol–water partition coefficient (Wildman–Crippen LogP) is 1.05. The lowest BCUT2D eigenvalue weighted by Crippen LogP contribution is -2.33. The molecule has 0 bridgehead atoms. The number of hydrogen-bond donors (Lipinski definition) is 2. The smallest absolute Gasteiger partial charge is 0.202 e. The summed E-state index contributed by atoms with van der Waals surface area (Å²) in [7, 11) is 1.66. The molecule has 0 fully saturated rings. The van der Waals surface area contributed by atoms with Crippen LogP contribution in [0.3, 0.4) is 0 Å². The first kappa shape index (κ1) is 12.4. The Labute approximate surface area is 94.2 Å². The van der Waals surface area contributed by atoms with Crippen LogP contribution in [0.2, 0.25) is 0 Å². The standard InChI is InChI=1S/C9H18N4OS/c1-6(2)8-12-9(15-13-8)11-7(4-10)5-14-3/h6-7H,4-5,10H2,1-3H3,(H,11,12,13). The lowest BCUT2D eigenvalue weighted by Gasteiger charge is -2.13. The van der Waals surface area contributed by atoms with Crippen molar-refractivity contribution >= 4 is 16.7 Å².